The highest BCUT2D eigenvalue weighted by atomic mass is 127. The van der Waals surface area contributed by atoms with Gasteiger partial charge in [0.25, 0.3) is 5.91 Å². The van der Waals surface area contributed by atoms with Crippen molar-refractivity contribution < 1.29 is 19.1 Å². The number of hydrogen-bond donors (Lipinski definition) is 1. The van der Waals surface area contributed by atoms with E-state index < -0.39 is 5.97 Å². The van der Waals surface area contributed by atoms with E-state index in [0.717, 1.165) is 3.57 Å². The topological polar surface area (TPSA) is 77.0 Å². The van der Waals surface area contributed by atoms with Gasteiger partial charge in [-0.1, -0.05) is 12.1 Å². The molecule has 2 aromatic rings. The first-order valence-corrected chi connectivity index (χ1v) is 8.03. The summed E-state index contributed by atoms with van der Waals surface area (Å²) in [5, 5.41) is 3.93. The molecule has 124 valence electrons. The monoisotopic (exact) mass is 438 g/mol. The van der Waals surface area contributed by atoms with Crippen LogP contribution in [-0.4, -0.2) is 25.2 Å². The van der Waals surface area contributed by atoms with Crippen LogP contribution in [-0.2, 0) is 4.79 Å². The molecule has 0 unspecified atom stereocenters. The number of rotatable bonds is 5. The highest BCUT2D eigenvalue weighted by molar-refractivity contribution is 14.1. The Balaban J connectivity index is 2.17. The van der Waals surface area contributed by atoms with E-state index in [-0.39, 0.29) is 5.91 Å². The van der Waals surface area contributed by atoms with Crippen molar-refractivity contribution in [3.8, 4) is 11.5 Å². The molecule has 0 saturated heterocycles. The minimum atomic E-state index is -0.447. The Morgan fingerprint density at radius 3 is 2.62 bits per heavy atom. The molecule has 2 rings (SSSR count). The average Bonchev–Trinajstić information content (AvgIpc) is 2.56. The molecule has 2 aromatic carbocycles. The number of nitrogens with zero attached hydrogens (tertiary/aromatic N) is 1. The van der Waals surface area contributed by atoms with Crippen molar-refractivity contribution >= 4 is 40.7 Å². The van der Waals surface area contributed by atoms with Crippen molar-refractivity contribution in [2.24, 2.45) is 5.10 Å². The Bertz CT molecular complexity index is 790. The van der Waals surface area contributed by atoms with Crippen LogP contribution in [0.4, 0.5) is 0 Å². The number of methoxy groups -OCH3 is 1. The van der Waals surface area contributed by atoms with Crippen LogP contribution in [0.3, 0.4) is 0 Å². The van der Waals surface area contributed by atoms with E-state index in [4.69, 9.17) is 9.47 Å². The zero-order valence-corrected chi connectivity index (χ0v) is 15.2. The van der Waals surface area contributed by atoms with Crippen LogP contribution in [0.2, 0.25) is 0 Å². The van der Waals surface area contributed by atoms with Gasteiger partial charge in [-0.05, 0) is 52.9 Å². The number of carbonyl (C=O) groups excluding carboxylic acids is 2. The second kappa shape index (κ2) is 8.44. The summed E-state index contributed by atoms with van der Waals surface area (Å²) in [4.78, 5) is 23.3. The van der Waals surface area contributed by atoms with E-state index in [1.165, 1.54) is 20.2 Å². The molecule has 0 bridgehead atoms. The first kappa shape index (κ1) is 17.9. The Hall–Kier alpha value is -2.42. The lowest BCUT2D eigenvalue weighted by molar-refractivity contribution is -0.131. The normalized spacial score (nSPS) is 10.5. The van der Waals surface area contributed by atoms with Crippen LogP contribution in [0.5, 0.6) is 11.5 Å². The van der Waals surface area contributed by atoms with Gasteiger partial charge in [0.2, 0.25) is 0 Å². The minimum Gasteiger partial charge on any atom is -0.497 e. The van der Waals surface area contributed by atoms with Gasteiger partial charge in [0.1, 0.15) is 11.5 Å². The number of esters is 1. The lowest BCUT2D eigenvalue weighted by atomic mass is 10.2. The van der Waals surface area contributed by atoms with Gasteiger partial charge < -0.3 is 9.47 Å². The number of hydrogen-bond acceptors (Lipinski definition) is 5. The number of hydrazone groups is 1. The Kier molecular flexibility index (Phi) is 6.30. The molecule has 0 aliphatic heterocycles. The van der Waals surface area contributed by atoms with E-state index in [1.807, 2.05) is 12.1 Å². The van der Waals surface area contributed by atoms with Crippen LogP contribution >= 0.6 is 22.6 Å². The van der Waals surface area contributed by atoms with Crippen LogP contribution in [0.25, 0.3) is 0 Å². The third kappa shape index (κ3) is 4.79. The Morgan fingerprint density at radius 1 is 1.21 bits per heavy atom. The molecule has 0 aliphatic carbocycles. The standard InChI is InChI=1S/C17H15IN2O4/c1-11(21)24-16-8-7-13(23-2)9-12(16)10-19-20-17(22)14-5-3-4-6-15(14)18/h3-10H,1-2H3,(H,20,22)/b19-10-. The van der Waals surface area contributed by atoms with Crippen molar-refractivity contribution in [3.05, 3.63) is 57.2 Å². The maximum atomic E-state index is 12.1. The number of amides is 1. The van der Waals surface area contributed by atoms with Crippen molar-refractivity contribution in [1.29, 1.82) is 0 Å². The fourth-order valence-corrected chi connectivity index (χ4v) is 2.50. The summed E-state index contributed by atoms with van der Waals surface area (Å²) < 4.78 is 11.1. The van der Waals surface area contributed by atoms with E-state index in [2.05, 4.69) is 33.1 Å². The molecule has 6 nitrogen and oxygen atoms in total. The van der Waals surface area contributed by atoms with Gasteiger partial charge in [0, 0.05) is 16.1 Å². The smallest absolute Gasteiger partial charge is 0.308 e. The SMILES string of the molecule is COc1ccc(OC(C)=O)c(/C=N\NC(=O)c2ccccc2I)c1. The van der Waals surface area contributed by atoms with Crippen LogP contribution in [0.15, 0.2) is 47.6 Å². The van der Waals surface area contributed by atoms with Crippen molar-refractivity contribution in [1.82, 2.24) is 5.43 Å². The Morgan fingerprint density at radius 2 is 1.96 bits per heavy atom. The van der Waals surface area contributed by atoms with Crippen LogP contribution < -0.4 is 14.9 Å². The van der Waals surface area contributed by atoms with Crippen molar-refractivity contribution in [2.75, 3.05) is 7.11 Å². The summed E-state index contributed by atoms with van der Waals surface area (Å²) in [6, 6.07) is 12.1. The van der Waals surface area contributed by atoms with E-state index in [0.29, 0.717) is 22.6 Å². The maximum Gasteiger partial charge on any atom is 0.308 e. The molecule has 24 heavy (non-hydrogen) atoms. The summed E-state index contributed by atoms with van der Waals surface area (Å²) in [5.41, 5.74) is 3.49. The van der Waals surface area contributed by atoms with E-state index in [1.54, 1.807) is 30.3 Å². The fraction of sp³-hybridized carbons (Fsp3) is 0.118. The van der Waals surface area contributed by atoms with Gasteiger partial charge in [-0.25, -0.2) is 5.43 Å². The molecular weight excluding hydrogens is 423 g/mol. The first-order valence-electron chi connectivity index (χ1n) is 6.95. The molecule has 0 aromatic heterocycles. The molecular formula is C17H15IN2O4. The lowest BCUT2D eigenvalue weighted by Crippen LogP contribution is -2.18. The average molecular weight is 438 g/mol. The number of ether oxygens (including phenoxy) is 2. The molecule has 0 saturated carbocycles. The molecule has 0 atom stereocenters. The molecule has 1 amide bonds. The van der Waals surface area contributed by atoms with E-state index in [9.17, 15) is 9.59 Å². The fourth-order valence-electron chi connectivity index (χ4n) is 1.87. The van der Waals surface area contributed by atoms with Crippen LogP contribution in [0.1, 0.15) is 22.8 Å². The molecule has 0 aliphatic rings. The third-order valence-electron chi connectivity index (χ3n) is 2.96. The van der Waals surface area contributed by atoms with Crippen molar-refractivity contribution in [2.45, 2.75) is 6.92 Å². The largest absolute Gasteiger partial charge is 0.497 e. The van der Waals surface area contributed by atoms with Crippen LogP contribution in [0, 0.1) is 3.57 Å². The second-order valence-electron chi connectivity index (χ2n) is 4.68. The van der Waals surface area contributed by atoms with Gasteiger partial charge in [-0.15, -0.1) is 0 Å². The predicted octanol–water partition coefficient (Wildman–Crippen LogP) is 2.99. The molecule has 0 radical (unpaired) electrons. The number of benzene rings is 2. The Labute approximate surface area is 153 Å². The molecule has 1 N–H and O–H groups in total. The first-order chi connectivity index (χ1) is 11.5. The van der Waals surface area contributed by atoms with Gasteiger partial charge in [-0.2, -0.15) is 5.10 Å². The highest BCUT2D eigenvalue weighted by Gasteiger charge is 2.09. The lowest BCUT2D eigenvalue weighted by Gasteiger charge is -2.07. The summed E-state index contributed by atoms with van der Waals surface area (Å²) in [6.07, 6.45) is 1.40. The molecule has 0 fully saturated rings. The van der Waals surface area contributed by atoms with Gasteiger partial charge in [0.05, 0.1) is 18.9 Å². The van der Waals surface area contributed by atoms with Gasteiger partial charge >= 0.3 is 5.97 Å². The third-order valence-corrected chi connectivity index (χ3v) is 3.90. The molecule has 0 spiro atoms. The van der Waals surface area contributed by atoms with Gasteiger partial charge in [-0.3, -0.25) is 9.59 Å². The van der Waals surface area contributed by atoms with Crippen molar-refractivity contribution in [3.63, 3.8) is 0 Å². The number of carbonyl (C=O) groups is 2. The molecule has 0 heterocycles. The summed E-state index contributed by atoms with van der Waals surface area (Å²) in [7, 11) is 1.53. The summed E-state index contributed by atoms with van der Waals surface area (Å²) in [5.74, 6) is 0.137. The van der Waals surface area contributed by atoms with E-state index >= 15 is 0 Å². The number of halogens is 1. The summed E-state index contributed by atoms with van der Waals surface area (Å²) in [6.45, 7) is 1.31. The highest BCUT2D eigenvalue weighted by Crippen LogP contribution is 2.23. The number of nitrogens with one attached hydrogen (secondary N) is 1. The predicted molar refractivity (Wildman–Crippen MR) is 98.5 cm³/mol. The summed E-state index contributed by atoms with van der Waals surface area (Å²) >= 11 is 2.08. The maximum absolute atomic E-state index is 12.1. The second-order valence-corrected chi connectivity index (χ2v) is 5.84. The zero-order chi connectivity index (χ0) is 17.5. The quantitative estimate of drug-likeness (QED) is 0.256. The zero-order valence-electron chi connectivity index (χ0n) is 13.1. The minimum absolute atomic E-state index is 0.326. The van der Waals surface area contributed by atoms with Gasteiger partial charge in [0.15, 0.2) is 0 Å². The molecule has 7 heteroatoms.